The third kappa shape index (κ3) is 3.45. The molecule has 118 valence electrons. The Balaban J connectivity index is 1.49. The number of benzene rings is 2. The molecule has 24 heavy (non-hydrogen) atoms. The minimum atomic E-state index is 0.863. The van der Waals surface area contributed by atoms with E-state index in [2.05, 4.69) is 20.6 Å². The highest BCUT2D eigenvalue weighted by Gasteiger charge is 2.09. The van der Waals surface area contributed by atoms with Crippen LogP contribution in [0.2, 0.25) is 0 Å². The van der Waals surface area contributed by atoms with Crippen molar-refractivity contribution in [3.05, 3.63) is 71.4 Å². The van der Waals surface area contributed by atoms with E-state index in [0.717, 1.165) is 33.0 Å². The Morgan fingerprint density at radius 3 is 1.42 bits per heavy atom. The van der Waals surface area contributed by atoms with Crippen LogP contribution in [0.3, 0.4) is 0 Å². The Hall–Kier alpha value is -2.70. The predicted octanol–water partition coefficient (Wildman–Crippen LogP) is 5.75. The molecule has 4 aromatic rings. The average molecular weight is 350 g/mol. The van der Waals surface area contributed by atoms with Gasteiger partial charge in [-0.1, -0.05) is 36.4 Å². The molecule has 2 aromatic heterocycles. The van der Waals surface area contributed by atoms with Gasteiger partial charge in [-0.2, -0.15) is 0 Å². The van der Waals surface area contributed by atoms with Gasteiger partial charge in [0.05, 0.1) is 0 Å². The number of aromatic nitrogens is 2. The zero-order chi connectivity index (χ0) is 16.2. The normalized spacial score (nSPS) is 10.5. The van der Waals surface area contributed by atoms with Crippen molar-refractivity contribution in [1.29, 1.82) is 0 Å². The van der Waals surface area contributed by atoms with Crippen molar-refractivity contribution in [2.75, 3.05) is 10.6 Å². The molecule has 4 rings (SSSR count). The first-order chi connectivity index (χ1) is 11.9. The third-order valence-corrected chi connectivity index (χ3v) is 4.84. The fourth-order valence-electron chi connectivity index (χ4n) is 2.19. The monoisotopic (exact) mass is 350 g/mol. The topological polar surface area (TPSA) is 49.8 Å². The maximum atomic E-state index is 4.62. The molecular formula is C18H14N4S2. The minimum absolute atomic E-state index is 0.863. The van der Waals surface area contributed by atoms with Crippen LogP contribution >= 0.6 is 22.7 Å². The van der Waals surface area contributed by atoms with Crippen molar-refractivity contribution in [3.63, 3.8) is 0 Å². The molecule has 0 unspecified atom stereocenters. The van der Waals surface area contributed by atoms with Gasteiger partial charge in [0.25, 0.3) is 0 Å². The Kier molecular flexibility index (Phi) is 4.22. The summed E-state index contributed by atoms with van der Waals surface area (Å²) >= 11 is 3.15. The summed E-state index contributed by atoms with van der Waals surface area (Å²) in [6, 6.07) is 20.1. The van der Waals surface area contributed by atoms with Gasteiger partial charge in [0.15, 0.2) is 10.3 Å². The quantitative estimate of drug-likeness (QED) is 0.481. The Labute approximate surface area is 147 Å². The minimum Gasteiger partial charge on any atom is -0.332 e. The summed E-state index contributed by atoms with van der Waals surface area (Å²) in [6.07, 6.45) is 0. The van der Waals surface area contributed by atoms with Gasteiger partial charge in [-0.3, -0.25) is 0 Å². The standard InChI is InChI=1S/C18H14N4S2/c1-3-7-13(8-4-1)19-17-21-15(11-23-17)16-12-24-18(22-16)20-14-9-5-2-6-10-14/h1-12H,(H,19,21)(H,20,22). The number of nitrogens with one attached hydrogen (secondary N) is 2. The van der Waals surface area contributed by atoms with Crippen LogP contribution in [0.5, 0.6) is 0 Å². The van der Waals surface area contributed by atoms with Crippen molar-refractivity contribution >= 4 is 44.3 Å². The lowest BCUT2D eigenvalue weighted by Crippen LogP contribution is -1.90. The maximum absolute atomic E-state index is 4.62. The molecule has 2 heterocycles. The average Bonchev–Trinajstić information content (AvgIpc) is 3.26. The second kappa shape index (κ2) is 6.82. The fourth-order valence-corrected chi connectivity index (χ4v) is 3.64. The van der Waals surface area contributed by atoms with Crippen LogP contribution in [-0.2, 0) is 0 Å². The molecule has 4 nitrogen and oxygen atoms in total. The summed E-state index contributed by atoms with van der Waals surface area (Å²) in [4.78, 5) is 9.24. The van der Waals surface area contributed by atoms with Crippen LogP contribution in [0, 0.1) is 0 Å². The first kappa shape index (κ1) is 14.9. The van der Waals surface area contributed by atoms with Gasteiger partial charge < -0.3 is 10.6 Å². The lowest BCUT2D eigenvalue weighted by Gasteiger charge is -2.01. The molecule has 0 aliphatic heterocycles. The zero-order valence-electron chi connectivity index (χ0n) is 12.6. The Bertz CT molecular complexity index is 839. The fraction of sp³-hybridized carbons (Fsp3) is 0. The maximum Gasteiger partial charge on any atom is 0.187 e. The van der Waals surface area contributed by atoms with Crippen LogP contribution in [0.4, 0.5) is 21.6 Å². The van der Waals surface area contributed by atoms with Crippen LogP contribution in [-0.4, -0.2) is 9.97 Å². The van der Waals surface area contributed by atoms with E-state index in [1.165, 1.54) is 0 Å². The van der Waals surface area contributed by atoms with E-state index >= 15 is 0 Å². The summed E-state index contributed by atoms with van der Waals surface area (Å²) in [5, 5.41) is 12.4. The molecule has 0 aliphatic carbocycles. The van der Waals surface area contributed by atoms with E-state index in [4.69, 9.17) is 0 Å². The third-order valence-electron chi connectivity index (χ3n) is 3.32. The molecular weight excluding hydrogens is 336 g/mol. The lowest BCUT2D eigenvalue weighted by molar-refractivity contribution is 1.32. The summed E-state index contributed by atoms with van der Waals surface area (Å²) in [5.41, 5.74) is 3.83. The van der Waals surface area contributed by atoms with Crippen molar-refractivity contribution in [3.8, 4) is 11.4 Å². The van der Waals surface area contributed by atoms with E-state index in [1.54, 1.807) is 22.7 Å². The van der Waals surface area contributed by atoms with E-state index in [0.29, 0.717) is 0 Å². The number of para-hydroxylation sites is 2. The largest absolute Gasteiger partial charge is 0.332 e. The molecule has 0 spiro atoms. The van der Waals surface area contributed by atoms with Gasteiger partial charge in [-0.25, -0.2) is 9.97 Å². The molecule has 0 amide bonds. The molecule has 0 fully saturated rings. The first-order valence-corrected chi connectivity index (χ1v) is 9.18. The number of thiazole rings is 2. The Morgan fingerprint density at radius 1 is 0.583 bits per heavy atom. The predicted molar refractivity (Wildman–Crippen MR) is 103 cm³/mol. The van der Waals surface area contributed by atoms with Gasteiger partial charge >= 0.3 is 0 Å². The zero-order valence-corrected chi connectivity index (χ0v) is 14.3. The number of anilines is 4. The van der Waals surface area contributed by atoms with Crippen LogP contribution in [0.25, 0.3) is 11.4 Å². The van der Waals surface area contributed by atoms with Crippen molar-refractivity contribution in [2.24, 2.45) is 0 Å². The number of hydrogen-bond acceptors (Lipinski definition) is 6. The summed E-state index contributed by atoms with van der Waals surface area (Å²) in [6.45, 7) is 0. The summed E-state index contributed by atoms with van der Waals surface area (Å²) in [5.74, 6) is 0. The van der Waals surface area contributed by atoms with Crippen molar-refractivity contribution < 1.29 is 0 Å². The molecule has 2 N–H and O–H groups in total. The van der Waals surface area contributed by atoms with E-state index in [-0.39, 0.29) is 0 Å². The van der Waals surface area contributed by atoms with E-state index in [9.17, 15) is 0 Å². The molecule has 2 aromatic carbocycles. The highest BCUT2D eigenvalue weighted by molar-refractivity contribution is 7.14. The molecule has 0 atom stereocenters. The molecule has 0 saturated heterocycles. The van der Waals surface area contributed by atoms with Crippen molar-refractivity contribution in [2.45, 2.75) is 0 Å². The second-order valence-electron chi connectivity index (χ2n) is 5.06. The van der Waals surface area contributed by atoms with Crippen LogP contribution < -0.4 is 10.6 Å². The Morgan fingerprint density at radius 2 is 1.00 bits per heavy atom. The number of hydrogen-bond donors (Lipinski definition) is 2. The molecule has 0 saturated carbocycles. The van der Waals surface area contributed by atoms with Gasteiger partial charge in [-0.15, -0.1) is 22.7 Å². The SMILES string of the molecule is c1ccc(Nc2nc(-c3csc(Nc4ccccc4)n3)cs2)cc1. The molecule has 6 heteroatoms. The number of nitrogens with zero attached hydrogens (tertiary/aromatic N) is 2. The highest BCUT2D eigenvalue weighted by atomic mass is 32.1. The van der Waals surface area contributed by atoms with E-state index in [1.807, 2.05) is 71.4 Å². The smallest absolute Gasteiger partial charge is 0.187 e. The highest BCUT2D eigenvalue weighted by Crippen LogP contribution is 2.30. The molecule has 0 radical (unpaired) electrons. The first-order valence-electron chi connectivity index (χ1n) is 7.42. The number of rotatable bonds is 5. The van der Waals surface area contributed by atoms with Crippen LogP contribution in [0.1, 0.15) is 0 Å². The summed E-state index contributed by atoms with van der Waals surface area (Å²) in [7, 11) is 0. The summed E-state index contributed by atoms with van der Waals surface area (Å²) < 4.78 is 0. The lowest BCUT2D eigenvalue weighted by atomic mass is 10.3. The molecule has 0 aliphatic rings. The van der Waals surface area contributed by atoms with Gasteiger partial charge in [-0.05, 0) is 24.3 Å². The van der Waals surface area contributed by atoms with E-state index < -0.39 is 0 Å². The van der Waals surface area contributed by atoms with Gasteiger partial charge in [0.1, 0.15) is 11.4 Å². The second-order valence-corrected chi connectivity index (χ2v) is 6.77. The van der Waals surface area contributed by atoms with Crippen LogP contribution in [0.15, 0.2) is 71.4 Å². The van der Waals surface area contributed by atoms with Gasteiger partial charge in [0.2, 0.25) is 0 Å². The van der Waals surface area contributed by atoms with Crippen molar-refractivity contribution in [1.82, 2.24) is 9.97 Å². The van der Waals surface area contributed by atoms with Gasteiger partial charge in [0, 0.05) is 22.1 Å². The molecule has 0 bridgehead atoms.